The van der Waals surface area contributed by atoms with Crippen molar-refractivity contribution in [2.45, 2.75) is 45.2 Å². The number of hydrogen-bond acceptors (Lipinski definition) is 5. The zero-order valence-electron chi connectivity index (χ0n) is 11.8. The van der Waals surface area contributed by atoms with Crippen LogP contribution in [0.25, 0.3) is 0 Å². The largest absolute Gasteiger partial charge is 0.314 e. The standard InChI is InChI=1S/C11H24N2O4S2/c1-10(2)12-6-4-7-19(16,17)13-11(3)5-8-18(14,15)9-11/h10,12-13H,4-9H2,1-3H3. The van der Waals surface area contributed by atoms with Gasteiger partial charge in [-0.3, -0.25) is 0 Å². The molecule has 0 spiro atoms. The van der Waals surface area contributed by atoms with Crippen molar-refractivity contribution in [2.75, 3.05) is 23.8 Å². The first-order valence-corrected chi connectivity index (χ1v) is 9.96. The first-order chi connectivity index (χ1) is 8.54. The van der Waals surface area contributed by atoms with E-state index in [1.54, 1.807) is 6.92 Å². The lowest BCUT2D eigenvalue weighted by Crippen LogP contribution is -2.47. The van der Waals surface area contributed by atoms with Crippen LogP contribution in [0.1, 0.15) is 33.6 Å². The summed E-state index contributed by atoms with van der Waals surface area (Å²) in [5, 5.41) is 3.15. The maximum Gasteiger partial charge on any atom is 0.212 e. The van der Waals surface area contributed by atoms with Crippen molar-refractivity contribution in [1.29, 1.82) is 0 Å². The van der Waals surface area contributed by atoms with Gasteiger partial charge in [-0.05, 0) is 26.3 Å². The van der Waals surface area contributed by atoms with E-state index in [2.05, 4.69) is 10.0 Å². The van der Waals surface area contributed by atoms with Crippen LogP contribution >= 0.6 is 0 Å². The van der Waals surface area contributed by atoms with Crippen molar-refractivity contribution in [3.63, 3.8) is 0 Å². The van der Waals surface area contributed by atoms with E-state index >= 15 is 0 Å². The van der Waals surface area contributed by atoms with Crippen LogP contribution in [0.4, 0.5) is 0 Å². The van der Waals surface area contributed by atoms with Crippen molar-refractivity contribution < 1.29 is 16.8 Å². The molecule has 0 aromatic heterocycles. The molecule has 1 aliphatic rings. The Balaban J connectivity index is 2.47. The molecule has 2 N–H and O–H groups in total. The summed E-state index contributed by atoms with van der Waals surface area (Å²) in [6, 6.07) is 0.327. The van der Waals surface area contributed by atoms with Crippen LogP contribution in [-0.4, -0.2) is 52.2 Å². The summed E-state index contributed by atoms with van der Waals surface area (Å²) in [7, 11) is -6.53. The minimum atomic E-state index is -3.43. The molecule has 0 bridgehead atoms. The Kier molecular flexibility index (Phi) is 5.39. The van der Waals surface area contributed by atoms with E-state index in [-0.39, 0.29) is 17.3 Å². The highest BCUT2D eigenvalue weighted by Crippen LogP contribution is 2.23. The van der Waals surface area contributed by atoms with Gasteiger partial charge < -0.3 is 5.32 Å². The van der Waals surface area contributed by atoms with E-state index in [1.165, 1.54) is 0 Å². The predicted octanol–water partition coefficient (Wildman–Crippen LogP) is -0.129. The minimum Gasteiger partial charge on any atom is -0.314 e. The Bertz CT molecular complexity index is 499. The van der Waals surface area contributed by atoms with Crippen molar-refractivity contribution in [3.05, 3.63) is 0 Å². The van der Waals surface area contributed by atoms with Gasteiger partial charge >= 0.3 is 0 Å². The van der Waals surface area contributed by atoms with Gasteiger partial charge in [0.1, 0.15) is 0 Å². The lowest BCUT2D eigenvalue weighted by molar-refractivity contribution is 0.460. The first-order valence-electron chi connectivity index (χ1n) is 6.49. The molecule has 8 heteroatoms. The van der Waals surface area contributed by atoms with Crippen LogP contribution in [0, 0.1) is 0 Å². The summed E-state index contributed by atoms with van der Waals surface area (Å²) in [6.07, 6.45) is 0.856. The Labute approximate surface area is 116 Å². The SMILES string of the molecule is CC(C)NCCCS(=O)(=O)NC1(C)CCS(=O)(=O)C1. The molecule has 1 unspecified atom stereocenters. The van der Waals surface area contributed by atoms with Crippen LogP contribution in [0.5, 0.6) is 0 Å². The molecule has 19 heavy (non-hydrogen) atoms. The quantitative estimate of drug-likeness (QED) is 0.639. The molecule has 114 valence electrons. The Hall–Kier alpha value is -0.180. The predicted molar refractivity (Wildman–Crippen MR) is 76.4 cm³/mol. The van der Waals surface area contributed by atoms with Gasteiger partial charge in [-0.2, -0.15) is 0 Å². The molecule has 0 aliphatic carbocycles. The number of sulfone groups is 1. The van der Waals surface area contributed by atoms with E-state index in [0.29, 0.717) is 25.4 Å². The smallest absolute Gasteiger partial charge is 0.212 e. The van der Waals surface area contributed by atoms with Gasteiger partial charge in [-0.15, -0.1) is 0 Å². The van der Waals surface area contributed by atoms with Crippen LogP contribution in [0.15, 0.2) is 0 Å². The average molecular weight is 312 g/mol. The van der Waals surface area contributed by atoms with E-state index in [9.17, 15) is 16.8 Å². The fourth-order valence-corrected chi connectivity index (χ4v) is 5.91. The summed E-state index contributed by atoms with van der Waals surface area (Å²) < 4.78 is 49.2. The first kappa shape index (κ1) is 16.9. The highest BCUT2D eigenvalue weighted by molar-refractivity contribution is 7.92. The summed E-state index contributed by atoms with van der Waals surface area (Å²) in [5.41, 5.74) is -0.844. The maximum absolute atomic E-state index is 11.9. The zero-order valence-corrected chi connectivity index (χ0v) is 13.4. The maximum atomic E-state index is 11.9. The van der Waals surface area contributed by atoms with Gasteiger partial charge in [0, 0.05) is 11.6 Å². The second-order valence-electron chi connectivity index (χ2n) is 5.79. The van der Waals surface area contributed by atoms with Gasteiger partial charge in [0.2, 0.25) is 10.0 Å². The molecule has 0 saturated carbocycles. The molecule has 0 aromatic rings. The highest BCUT2D eigenvalue weighted by atomic mass is 32.2. The van der Waals surface area contributed by atoms with E-state index in [0.717, 1.165) is 0 Å². The van der Waals surface area contributed by atoms with Crippen molar-refractivity contribution >= 4 is 19.9 Å². The number of sulfonamides is 1. The van der Waals surface area contributed by atoms with Gasteiger partial charge in [-0.1, -0.05) is 13.8 Å². The normalized spacial score (nSPS) is 26.9. The van der Waals surface area contributed by atoms with Crippen LogP contribution < -0.4 is 10.0 Å². The second kappa shape index (κ2) is 6.07. The second-order valence-corrected chi connectivity index (χ2v) is 9.81. The molecule has 1 fully saturated rings. The number of hydrogen-bond donors (Lipinski definition) is 2. The van der Waals surface area contributed by atoms with Crippen LogP contribution in [0.3, 0.4) is 0 Å². The van der Waals surface area contributed by atoms with Crippen LogP contribution in [-0.2, 0) is 19.9 Å². The fraction of sp³-hybridized carbons (Fsp3) is 1.00. The molecule has 0 amide bonds. The molecule has 6 nitrogen and oxygen atoms in total. The average Bonchev–Trinajstić information content (AvgIpc) is 2.46. The number of nitrogens with one attached hydrogen (secondary N) is 2. The van der Waals surface area contributed by atoms with Crippen molar-refractivity contribution in [3.8, 4) is 0 Å². The van der Waals surface area contributed by atoms with E-state index in [1.807, 2.05) is 13.8 Å². The van der Waals surface area contributed by atoms with Gasteiger partial charge in [-0.25, -0.2) is 21.6 Å². The monoisotopic (exact) mass is 312 g/mol. The number of rotatable bonds is 7. The molecule has 0 aromatic carbocycles. The van der Waals surface area contributed by atoms with Crippen molar-refractivity contribution in [1.82, 2.24) is 10.0 Å². The molecule has 1 rings (SSSR count). The van der Waals surface area contributed by atoms with Gasteiger partial charge in [0.25, 0.3) is 0 Å². The Morgan fingerprint density at radius 1 is 1.32 bits per heavy atom. The molecule has 1 saturated heterocycles. The Morgan fingerprint density at radius 2 is 1.95 bits per heavy atom. The van der Waals surface area contributed by atoms with Gasteiger partial charge in [0.15, 0.2) is 9.84 Å². The van der Waals surface area contributed by atoms with Crippen LogP contribution in [0.2, 0.25) is 0 Å². The summed E-state index contributed by atoms with van der Waals surface area (Å²) in [6.45, 7) is 6.28. The lowest BCUT2D eigenvalue weighted by atomic mass is 10.0. The molecule has 1 aliphatic heterocycles. The van der Waals surface area contributed by atoms with Crippen molar-refractivity contribution in [2.24, 2.45) is 0 Å². The lowest BCUT2D eigenvalue weighted by Gasteiger charge is -2.23. The fourth-order valence-electron chi connectivity index (χ4n) is 2.17. The third-order valence-corrected chi connectivity index (χ3v) is 6.58. The third-order valence-electron chi connectivity index (χ3n) is 3.05. The zero-order chi connectivity index (χ0) is 14.7. The minimum absolute atomic E-state index is 0.0162. The molecule has 1 heterocycles. The van der Waals surface area contributed by atoms with Gasteiger partial charge in [0.05, 0.1) is 17.3 Å². The summed E-state index contributed by atoms with van der Waals surface area (Å²) >= 11 is 0. The van der Waals surface area contributed by atoms with E-state index in [4.69, 9.17) is 0 Å². The summed E-state index contributed by atoms with van der Waals surface area (Å²) in [4.78, 5) is 0. The summed E-state index contributed by atoms with van der Waals surface area (Å²) in [5.74, 6) is -0.0350. The molecule has 0 radical (unpaired) electrons. The topological polar surface area (TPSA) is 92.3 Å². The molecule has 1 atom stereocenters. The Morgan fingerprint density at radius 3 is 2.42 bits per heavy atom. The van der Waals surface area contributed by atoms with E-state index < -0.39 is 25.4 Å². The third kappa shape index (κ3) is 6.20. The highest BCUT2D eigenvalue weighted by Gasteiger charge is 2.40. The molecular formula is C11H24N2O4S2. The molecular weight excluding hydrogens is 288 g/mol.